The number of aryl methyl sites for hydroxylation is 1. The highest BCUT2D eigenvalue weighted by Gasteiger charge is 2.33. The van der Waals surface area contributed by atoms with Crippen molar-refractivity contribution in [2.75, 3.05) is 17.4 Å². The molecule has 1 N–H and O–H groups in total. The fraction of sp³-hybridized carbons (Fsp3) is 0.375. The number of hydrogen-bond donors (Lipinski definition) is 1. The number of amides is 2. The van der Waals surface area contributed by atoms with Gasteiger partial charge in [0, 0.05) is 12.6 Å². The molecule has 1 fully saturated rings. The summed E-state index contributed by atoms with van der Waals surface area (Å²) >= 11 is 0. The number of nitrogens with zero attached hydrogens (tertiary/aromatic N) is 2. The van der Waals surface area contributed by atoms with E-state index in [2.05, 4.69) is 5.32 Å². The Labute approximate surface area is 238 Å². The molecule has 0 saturated heterocycles. The number of benzene rings is 3. The van der Waals surface area contributed by atoms with Crippen LogP contribution in [0.4, 0.5) is 5.69 Å². The number of carbonyl (C=O) groups is 2. The Kier molecular flexibility index (Phi) is 9.98. The average Bonchev–Trinajstić information content (AvgIpc) is 2.97. The largest absolute Gasteiger partial charge is 0.352 e. The van der Waals surface area contributed by atoms with Gasteiger partial charge in [-0.2, -0.15) is 0 Å². The van der Waals surface area contributed by atoms with E-state index in [1.165, 1.54) is 23.5 Å². The molecule has 3 aromatic carbocycles. The summed E-state index contributed by atoms with van der Waals surface area (Å²) in [5.74, 6) is -0.635. The van der Waals surface area contributed by atoms with Crippen molar-refractivity contribution in [2.24, 2.45) is 0 Å². The lowest BCUT2D eigenvalue weighted by Crippen LogP contribution is -2.53. The highest BCUT2D eigenvalue weighted by atomic mass is 32.2. The first-order chi connectivity index (χ1) is 19.3. The summed E-state index contributed by atoms with van der Waals surface area (Å²) in [5, 5.41) is 3.14. The van der Waals surface area contributed by atoms with Gasteiger partial charge >= 0.3 is 0 Å². The zero-order valence-corrected chi connectivity index (χ0v) is 24.1. The molecule has 0 bridgehead atoms. The fourth-order valence-corrected chi connectivity index (χ4v) is 6.60. The van der Waals surface area contributed by atoms with Gasteiger partial charge in [-0.25, -0.2) is 8.42 Å². The van der Waals surface area contributed by atoms with Gasteiger partial charge in [-0.15, -0.1) is 0 Å². The molecule has 4 rings (SSSR count). The van der Waals surface area contributed by atoms with Crippen molar-refractivity contribution in [1.29, 1.82) is 0 Å². The zero-order valence-electron chi connectivity index (χ0n) is 23.3. The van der Waals surface area contributed by atoms with Crippen LogP contribution in [-0.4, -0.2) is 50.3 Å². The van der Waals surface area contributed by atoms with Crippen molar-refractivity contribution < 1.29 is 18.0 Å². The van der Waals surface area contributed by atoms with Gasteiger partial charge in [-0.3, -0.25) is 13.9 Å². The van der Waals surface area contributed by atoms with E-state index < -0.39 is 28.5 Å². The molecule has 3 aromatic rings. The second-order valence-corrected chi connectivity index (χ2v) is 12.4. The smallest absolute Gasteiger partial charge is 0.264 e. The van der Waals surface area contributed by atoms with Gasteiger partial charge in [-0.05, 0) is 68.5 Å². The van der Waals surface area contributed by atoms with E-state index in [1.807, 2.05) is 43.3 Å². The predicted molar refractivity (Wildman–Crippen MR) is 158 cm³/mol. The first-order valence-electron chi connectivity index (χ1n) is 14.0. The molecule has 0 aliphatic heterocycles. The number of anilines is 1. The molecular weight excluding hydrogens is 522 g/mol. The summed E-state index contributed by atoms with van der Waals surface area (Å²) in [4.78, 5) is 29.0. The van der Waals surface area contributed by atoms with E-state index in [-0.39, 0.29) is 23.4 Å². The molecule has 2 amide bonds. The standard InChI is InChI=1S/C32H39N3O4S/c1-25-13-12-18-29(23-25)35(40(38,39)30-19-10-5-11-20-30)24-31(36)34(22-21-27-14-6-3-7-15-27)26(2)32(37)33-28-16-8-4-9-17-28/h3,5-7,10-15,18-20,23,26,28H,4,8-9,16-17,21-22,24H2,1-2H3,(H,33,37)/t26-/m0/s1. The summed E-state index contributed by atoms with van der Waals surface area (Å²) in [5.41, 5.74) is 2.31. The minimum absolute atomic E-state index is 0.100. The van der Waals surface area contributed by atoms with Gasteiger partial charge in [0.15, 0.2) is 0 Å². The lowest BCUT2D eigenvalue weighted by molar-refractivity contribution is -0.139. The molecule has 0 unspecified atom stereocenters. The van der Waals surface area contributed by atoms with Crippen LogP contribution >= 0.6 is 0 Å². The summed E-state index contributed by atoms with van der Waals surface area (Å²) in [6.07, 6.45) is 5.76. The Hall–Kier alpha value is -3.65. The van der Waals surface area contributed by atoms with Crippen LogP contribution in [-0.2, 0) is 26.0 Å². The molecular formula is C32H39N3O4S. The Morgan fingerprint density at radius 2 is 1.55 bits per heavy atom. The summed E-state index contributed by atoms with van der Waals surface area (Å²) in [7, 11) is -4.05. The van der Waals surface area contributed by atoms with Crippen molar-refractivity contribution >= 4 is 27.5 Å². The third-order valence-corrected chi connectivity index (χ3v) is 9.29. The van der Waals surface area contributed by atoms with Crippen molar-refractivity contribution in [3.05, 3.63) is 96.1 Å². The van der Waals surface area contributed by atoms with Gasteiger partial charge in [0.25, 0.3) is 10.0 Å². The first kappa shape index (κ1) is 29.3. The van der Waals surface area contributed by atoms with Crippen LogP contribution in [0.3, 0.4) is 0 Å². The molecule has 0 radical (unpaired) electrons. The maximum absolute atomic E-state index is 14.0. The molecule has 1 aliphatic carbocycles. The van der Waals surface area contributed by atoms with Crippen LogP contribution in [0.2, 0.25) is 0 Å². The number of rotatable bonds is 11. The molecule has 7 nitrogen and oxygen atoms in total. The van der Waals surface area contributed by atoms with Gasteiger partial charge in [0.05, 0.1) is 10.6 Å². The Bertz CT molecular complexity index is 1370. The van der Waals surface area contributed by atoms with Gasteiger partial charge < -0.3 is 10.2 Å². The van der Waals surface area contributed by atoms with Crippen LogP contribution in [0, 0.1) is 6.92 Å². The van der Waals surface area contributed by atoms with E-state index in [0.717, 1.165) is 41.1 Å². The third-order valence-electron chi connectivity index (χ3n) is 7.50. The van der Waals surface area contributed by atoms with Crippen molar-refractivity contribution in [2.45, 2.75) is 69.4 Å². The number of carbonyl (C=O) groups excluding carboxylic acids is 2. The molecule has 212 valence electrons. The van der Waals surface area contributed by atoms with Crippen LogP contribution in [0.5, 0.6) is 0 Å². The third kappa shape index (κ3) is 7.50. The Morgan fingerprint density at radius 3 is 2.20 bits per heavy atom. The molecule has 0 heterocycles. The monoisotopic (exact) mass is 561 g/mol. The second kappa shape index (κ2) is 13.6. The maximum Gasteiger partial charge on any atom is 0.264 e. The highest BCUT2D eigenvalue weighted by molar-refractivity contribution is 7.92. The SMILES string of the molecule is Cc1cccc(N(CC(=O)N(CCc2ccccc2)[C@@H](C)C(=O)NC2CCCCC2)S(=O)(=O)c2ccccc2)c1. The van der Waals surface area contributed by atoms with Gasteiger partial charge in [0.1, 0.15) is 12.6 Å². The lowest BCUT2D eigenvalue weighted by Gasteiger charge is -2.33. The summed E-state index contributed by atoms with van der Waals surface area (Å²) in [6.45, 7) is 3.47. The molecule has 0 aromatic heterocycles. The minimum Gasteiger partial charge on any atom is -0.352 e. The fourth-order valence-electron chi connectivity index (χ4n) is 5.17. The first-order valence-corrected chi connectivity index (χ1v) is 15.5. The maximum atomic E-state index is 14.0. The summed E-state index contributed by atoms with van der Waals surface area (Å²) in [6, 6.07) is 24.3. The predicted octanol–water partition coefficient (Wildman–Crippen LogP) is 5.10. The Balaban J connectivity index is 1.62. The number of sulfonamides is 1. The molecule has 1 atom stereocenters. The van der Waals surface area contributed by atoms with E-state index >= 15 is 0 Å². The van der Waals surface area contributed by atoms with Crippen molar-refractivity contribution in [3.8, 4) is 0 Å². The number of hydrogen-bond acceptors (Lipinski definition) is 4. The van der Waals surface area contributed by atoms with Gasteiger partial charge in [-0.1, -0.05) is 79.9 Å². The quantitative estimate of drug-likeness (QED) is 0.353. The molecule has 40 heavy (non-hydrogen) atoms. The summed E-state index contributed by atoms with van der Waals surface area (Å²) < 4.78 is 28.8. The van der Waals surface area contributed by atoms with E-state index in [0.29, 0.717) is 12.1 Å². The van der Waals surface area contributed by atoms with Crippen LogP contribution in [0.25, 0.3) is 0 Å². The van der Waals surface area contributed by atoms with Crippen LogP contribution in [0.1, 0.15) is 50.2 Å². The highest BCUT2D eigenvalue weighted by Crippen LogP contribution is 2.25. The Morgan fingerprint density at radius 1 is 0.900 bits per heavy atom. The second-order valence-electron chi connectivity index (χ2n) is 10.5. The molecule has 1 saturated carbocycles. The van der Waals surface area contributed by atoms with E-state index in [4.69, 9.17) is 0 Å². The molecule has 8 heteroatoms. The van der Waals surface area contributed by atoms with E-state index in [1.54, 1.807) is 43.3 Å². The van der Waals surface area contributed by atoms with Gasteiger partial charge in [0.2, 0.25) is 11.8 Å². The zero-order chi connectivity index (χ0) is 28.5. The van der Waals surface area contributed by atoms with Crippen molar-refractivity contribution in [3.63, 3.8) is 0 Å². The average molecular weight is 562 g/mol. The molecule has 0 spiro atoms. The van der Waals surface area contributed by atoms with Crippen LogP contribution in [0.15, 0.2) is 89.8 Å². The van der Waals surface area contributed by atoms with E-state index in [9.17, 15) is 18.0 Å². The lowest BCUT2D eigenvalue weighted by atomic mass is 9.95. The van der Waals surface area contributed by atoms with Crippen LogP contribution < -0.4 is 9.62 Å². The number of nitrogens with one attached hydrogen (secondary N) is 1. The normalized spacial score (nSPS) is 14.8. The topological polar surface area (TPSA) is 86.8 Å². The van der Waals surface area contributed by atoms with Crippen molar-refractivity contribution in [1.82, 2.24) is 10.2 Å². The molecule has 1 aliphatic rings. The minimum atomic E-state index is -4.05.